The Kier molecular flexibility index (Phi) is 6.21. The second-order valence-electron chi connectivity index (χ2n) is 6.67. The van der Waals surface area contributed by atoms with Crippen LogP contribution in [0.25, 0.3) is 21.7 Å². The number of nitrogens with zero attached hydrogens (tertiary/aromatic N) is 2. The minimum atomic E-state index is 0.830. The summed E-state index contributed by atoms with van der Waals surface area (Å²) in [6.45, 7) is 5.55. The van der Waals surface area contributed by atoms with Crippen LogP contribution in [0.1, 0.15) is 0 Å². The van der Waals surface area contributed by atoms with Gasteiger partial charge in [0.2, 0.25) is 0 Å². The summed E-state index contributed by atoms with van der Waals surface area (Å²) in [5.74, 6) is 0.860. The predicted octanol–water partition coefficient (Wildman–Crippen LogP) is 4.23. The summed E-state index contributed by atoms with van der Waals surface area (Å²) in [7, 11) is 1.69. The van der Waals surface area contributed by atoms with Crippen LogP contribution in [0.2, 0.25) is 0 Å². The minimum absolute atomic E-state index is 0.830. The van der Waals surface area contributed by atoms with Gasteiger partial charge in [-0.3, -0.25) is 4.90 Å². The molecule has 6 heteroatoms. The lowest BCUT2D eigenvalue weighted by Crippen LogP contribution is -2.38. The zero-order valence-electron chi connectivity index (χ0n) is 16.1. The van der Waals surface area contributed by atoms with Gasteiger partial charge in [-0.25, -0.2) is 4.98 Å². The normalized spacial score (nSPS) is 14.8. The lowest BCUT2D eigenvalue weighted by molar-refractivity contribution is 0.0398. The van der Waals surface area contributed by atoms with E-state index in [9.17, 15) is 0 Å². The first-order chi connectivity index (χ1) is 13.8. The van der Waals surface area contributed by atoms with Gasteiger partial charge in [0.05, 0.1) is 30.9 Å². The van der Waals surface area contributed by atoms with Gasteiger partial charge in [-0.1, -0.05) is 41.7 Å². The molecule has 2 aromatic carbocycles. The van der Waals surface area contributed by atoms with Crippen molar-refractivity contribution in [1.82, 2.24) is 9.88 Å². The number of nitrogens with one attached hydrogen (secondary N) is 1. The van der Waals surface area contributed by atoms with E-state index in [2.05, 4.69) is 46.6 Å². The maximum atomic E-state index is 5.42. The summed E-state index contributed by atoms with van der Waals surface area (Å²) in [4.78, 5) is 8.51. The van der Waals surface area contributed by atoms with Crippen molar-refractivity contribution in [1.29, 1.82) is 0 Å². The fourth-order valence-corrected chi connectivity index (χ4v) is 4.29. The zero-order valence-corrected chi connectivity index (χ0v) is 16.9. The monoisotopic (exact) mass is 395 g/mol. The third-order valence-electron chi connectivity index (χ3n) is 4.83. The van der Waals surface area contributed by atoms with Gasteiger partial charge in [0.25, 0.3) is 0 Å². The molecule has 0 spiro atoms. The second kappa shape index (κ2) is 9.19. The number of aromatic nitrogens is 1. The van der Waals surface area contributed by atoms with Gasteiger partial charge in [0, 0.05) is 31.7 Å². The maximum Gasteiger partial charge on any atom is 0.183 e. The van der Waals surface area contributed by atoms with E-state index >= 15 is 0 Å². The van der Waals surface area contributed by atoms with E-state index in [1.807, 2.05) is 18.2 Å². The number of ether oxygens (including phenoxy) is 2. The first kappa shape index (κ1) is 18.9. The highest BCUT2D eigenvalue weighted by Crippen LogP contribution is 2.39. The highest BCUT2D eigenvalue weighted by Gasteiger charge is 2.16. The molecule has 0 saturated carbocycles. The summed E-state index contributed by atoms with van der Waals surface area (Å²) < 4.78 is 10.7. The van der Waals surface area contributed by atoms with Gasteiger partial charge in [-0.2, -0.15) is 0 Å². The Hall–Kier alpha value is -2.41. The van der Waals surface area contributed by atoms with Crippen molar-refractivity contribution in [3.8, 4) is 27.4 Å². The molecule has 0 amide bonds. The third kappa shape index (κ3) is 4.52. The number of benzene rings is 2. The van der Waals surface area contributed by atoms with Crippen LogP contribution in [0.4, 0.5) is 5.13 Å². The predicted molar refractivity (Wildman–Crippen MR) is 115 cm³/mol. The number of hydrogen-bond donors (Lipinski definition) is 1. The van der Waals surface area contributed by atoms with E-state index in [4.69, 9.17) is 14.5 Å². The molecule has 1 aromatic heterocycles. The number of anilines is 1. The molecule has 5 nitrogen and oxygen atoms in total. The standard InChI is InChI=1S/C22H25N3O2S/c1-26-19-9-7-18(8-10-19)21-20(17-5-3-2-4-6-17)24-22(28-21)23-11-12-25-13-15-27-16-14-25/h2-10H,11-16H2,1H3,(H,23,24). The van der Waals surface area contributed by atoms with Crippen molar-refractivity contribution in [2.45, 2.75) is 0 Å². The van der Waals surface area contributed by atoms with Gasteiger partial charge in [0.15, 0.2) is 5.13 Å². The molecular formula is C22H25N3O2S. The highest BCUT2D eigenvalue weighted by molar-refractivity contribution is 7.19. The maximum absolute atomic E-state index is 5.42. The van der Waals surface area contributed by atoms with E-state index < -0.39 is 0 Å². The summed E-state index contributed by atoms with van der Waals surface area (Å²) in [6.07, 6.45) is 0. The Morgan fingerprint density at radius 1 is 1.04 bits per heavy atom. The van der Waals surface area contributed by atoms with E-state index in [0.717, 1.165) is 67.1 Å². The van der Waals surface area contributed by atoms with Gasteiger partial charge >= 0.3 is 0 Å². The Morgan fingerprint density at radius 2 is 1.79 bits per heavy atom. The summed E-state index contributed by atoms with van der Waals surface area (Å²) in [5, 5.41) is 4.47. The molecule has 0 aliphatic carbocycles. The Bertz CT molecular complexity index is 875. The molecule has 2 heterocycles. The summed E-state index contributed by atoms with van der Waals surface area (Å²) in [5.41, 5.74) is 3.30. The fourth-order valence-electron chi connectivity index (χ4n) is 3.27. The van der Waals surface area contributed by atoms with Gasteiger partial charge in [-0.05, 0) is 29.8 Å². The first-order valence-electron chi connectivity index (χ1n) is 9.58. The summed E-state index contributed by atoms with van der Waals surface area (Å²) >= 11 is 1.70. The number of rotatable bonds is 7. The van der Waals surface area contributed by atoms with E-state index in [1.165, 1.54) is 4.88 Å². The van der Waals surface area contributed by atoms with Crippen molar-refractivity contribution in [3.63, 3.8) is 0 Å². The molecule has 1 fully saturated rings. The average molecular weight is 396 g/mol. The molecule has 3 aromatic rings. The summed E-state index contributed by atoms with van der Waals surface area (Å²) in [6, 6.07) is 18.5. The minimum Gasteiger partial charge on any atom is -0.497 e. The third-order valence-corrected chi connectivity index (χ3v) is 5.90. The van der Waals surface area contributed by atoms with Gasteiger partial charge in [-0.15, -0.1) is 0 Å². The number of morpholine rings is 1. The topological polar surface area (TPSA) is 46.6 Å². The van der Waals surface area contributed by atoms with Crippen molar-refractivity contribution >= 4 is 16.5 Å². The number of thiazole rings is 1. The van der Waals surface area contributed by atoms with Gasteiger partial charge < -0.3 is 14.8 Å². The van der Waals surface area contributed by atoms with E-state index in [1.54, 1.807) is 18.4 Å². The quantitative estimate of drug-likeness (QED) is 0.649. The van der Waals surface area contributed by atoms with Crippen LogP contribution >= 0.6 is 11.3 Å². The average Bonchev–Trinajstić information content (AvgIpc) is 3.19. The Balaban J connectivity index is 1.55. The fraction of sp³-hybridized carbons (Fsp3) is 0.318. The van der Waals surface area contributed by atoms with Crippen molar-refractivity contribution in [3.05, 3.63) is 54.6 Å². The molecule has 146 valence electrons. The molecule has 0 atom stereocenters. The molecule has 1 N–H and O–H groups in total. The van der Waals surface area contributed by atoms with Crippen molar-refractivity contribution in [2.75, 3.05) is 51.8 Å². The van der Waals surface area contributed by atoms with Crippen LogP contribution in [-0.2, 0) is 4.74 Å². The molecule has 28 heavy (non-hydrogen) atoms. The largest absolute Gasteiger partial charge is 0.497 e. The SMILES string of the molecule is COc1ccc(-c2sc(NCCN3CCOCC3)nc2-c2ccccc2)cc1. The lowest BCUT2D eigenvalue weighted by Gasteiger charge is -2.26. The van der Waals surface area contributed by atoms with Crippen LogP contribution in [-0.4, -0.2) is 56.4 Å². The van der Waals surface area contributed by atoms with Crippen LogP contribution in [0.15, 0.2) is 54.6 Å². The molecule has 4 rings (SSSR count). The second-order valence-corrected chi connectivity index (χ2v) is 7.67. The molecule has 1 saturated heterocycles. The van der Waals surface area contributed by atoms with Crippen LogP contribution in [0.3, 0.4) is 0 Å². The van der Waals surface area contributed by atoms with Crippen molar-refractivity contribution < 1.29 is 9.47 Å². The molecular weight excluding hydrogens is 370 g/mol. The molecule has 1 aliphatic rings. The smallest absolute Gasteiger partial charge is 0.183 e. The lowest BCUT2D eigenvalue weighted by atomic mass is 10.1. The first-order valence-corrected chi connectivity index (χ1v) is 10.4. The highest BCUT2D eigenvalue weighted by atomic mass is 32.1. The van der Waals surface area contributed by atoms with Crippen LogP contribution in [0, 0.1) is 0 Å². The Morgan fingerprint density at radius 3 is 2.50 bits per heavy atom. The number of methoxy groups -OCH3 is 1. The van der Waals surface area contributed by atoms with Crippen LogP contribution < -0.4 is 10.1 Å². The van der Waals surface area contributed by atoms with Gasteiger partial charge in [0.1, 0.15) is 5.75 Å². The molecule has 0 radical (unpaired) electrons. The molecule has 0 bridgehead atoms. The van der Waals surface area contributed by atoms with Crippen molar-refractivity contribution in [2.24, 2.45) is 0 Å². The molecule has 0 unspecified atom stereocenters. The Labute approximate surface area is 169 Å². The zero-order chi connectivity index (χ0) is 19.2. The van der Waals surface area contributed by atoms with Crippen LogP contribution in [0.5, 0.6) is 5.75 Å². The number of hydrogen-bond acceptors (Lipinski definition) is 6. The van der Waals surface area contributed by atoms with E-state index in [-0.39, 0.29) is 0 Å². The molecule has 1 aliphatic heterocycles. The van der Waals surface area contributed by atoms with E-state index in [0.29, 0.717) is 0 Å².